The molecule has 0 saturated heterocycles. The smallest absolute Gasteiger partial charge is 0.221 e. The first-order valence-electron chi connectivity index (χ1n) is 4.45. The van der Waals surface area contributed by atoms with Crippen molar-refractivity contribution < 1.29 is 4.79 Å². The lowest BCUT2D eigenvalue weighted by atomic mass is 10.0. The summed E-state index contributed by atoms with van der Waals surface area (Å²) in [6.45, 7) is 0. The molecule has 2 aliphatic rings. The van der Waals surface area contributed by atoms with Crippen molar-refractivity contribution in [3.05, 3.63) is 0 Å². The van der Waals surface area contributed by atoms with Gasteiger partial charge in [0.05, 0.1) is 11.5 Å². The molecule has 0 atom stereocenters. The van der Waals surface area contributed by atoms with E-state index in [2.05, 4.69) is 11.4 Å². The fraction of sp³-hybridized carbons (Fsp3) is 0.778. The molecule has 2 aliphatic carbocycles. The summed E-state index contributed by atoms with van der Waals surface area (Å²) in [6, 6.07) is 2.64. The van der Waals surface area contributed by atoms with Crippen LogP contribution < -0.4 is 5.32 Å². The van der Waals surface area contributed by atoms with E-state index in [1.165, 1.54) is 0 Å². The summed E-state index contributed by atoms with van der Waals surface area (Å²) in [5, 5.41) is 11.6. The number of nitrogens with zero attached hydrogens (tertiary/aromatic N) is 1. The van der Waals surface area contributed by atoms with Gasteiger partial charge in [-0.1, -0.05) is 0 Å². The van der Waals surface area contributed by atoms with Gasteiger partial charge in [-0.3, -0.25) is 4.79 Å². The van der Waals surface area contributed by atoms with E-state index < -0.39 is 0 Å². The molecule has 0 heterocycles. The van der Waals surface area contributed by atoms with Gasteiger partial charge in [0.2, 0.25) is 5.91 Å². The number of carbonyl (C=O) groups is 1. The SMILES string of the molecule is N#CC1(CC(=O)NC2CC2)CC1. The van der Waals surface area contributed by atoms with Gasteiger partial charge in [0.1, 0.15) is 0 Å². The van der Waals surface area contributed by atoms with Gasteiger partial charge in [-0.25, -0.2) is 0 Å². The van der Waals surface area contributed by atoms with Gasteiger partial charge >= 0.3 is 0 Å². The van der Waals surface area contributed by atoms with Crippen molar-refractivity contribution in [2.45, 2.75) is 38.1 Å². The van der Waals surface area contributed by atoms with Crippen LogP contribution in [0.4, 0.5) is 0 Å². The van der Waals surface area contributed by atoms with Gasteiger partial charge in [-0.05, 0) is 25.7 Å². The van der Waals surface area contributed by atoms with Crippen molar-refractivity contribution >= 4 is 5.91 Å². The standard InChI is InChI=1S/C9H12N2O/c10-6-9(3-4-9)5-8(12)11-7-1-2-7/h7H,1-5H2,(H,11,12). The van der Waals surface area contributed by atoms with Crippen molar-refractivity contribution in [1.29, 1.82) is 5.26 Å². The Balaban J connectivity index is 1.78. The highest BCUT2D eigenvalue weighted by atomic mass is 16.1. The first-order chi connectivity index (χ1) is 5.74. The molecule has 1 amide bonds. The lowest BCUT2D eigenvalue weighted by Crippen LogP contribution is -2.27. The predicted molar refractivity (Wildman–Crippen MR) is 43.1 cm³/mol. The molecule has 0 aromatic heterocycles. The van der Waals surface area contributed by atoms with Crippen LogP contribution in [0.1, 0.15) is 32.1 Å². The fourth-order valence-corrected chi connectivity index (χ4v) is 1.29. The van der Waals surface area contributed by atoms with Crippen LogP contribution in [-0.2, 0) is 4.79 Å². The summed E-state index contributed by atoms with van der Waals surface area (Å²) >= 11 is 0. The van der Waals surface area contributed by atoms with Crippen LogP contribution in [0.3, 0.4) is 0 Å². The highest BCUT2D eigenvalue weighted by Crippen LogP contribution is 2.48. The van der Waals surface area contributed by atoms with E-state index in [0.29, 0.717) is 12.5 Å². The molecule has 0 bridgehead atoms. The van der Waals surface area contributed by atoms with Crippen LogP contribution in [0.25, 0.3) is 0 Å². The lowest BCUT2D eigenvalue weighted by Gasteiger charge is -2.05. The minimum absolute atomic E-state index is 0.0663. The zero-order chi connectivity index (χ0) is 8.60. The van der Waals surface area contributed by atoms with E-state index in [0.717, 1.165) is 25.7 Å². The van der Waals surface area contributed by atoms with Gasteiger partial charge in [0.15, 0.2) is 0 Å². The Morgan fingerprint density at radius 1 is 1.58 bits per heavy atom. The third-order valence-corrected chi connectivity index (χ3v) is 2.53. The second-order valence-electron chi connectivity index (χ2n) is 3.91. The summed E-state index contributed by atoms with van der Waals surface area (Å²) in [6.07, 6.45) is 4.46. The zero-order valence-corrected chi connectivity index (χ0v) is 6.97. The van der Waals surface area contributed by atoms with Crippen LogP contribution in [0.2, 0.25) is 0 Å². The summed E-state index contributed by atoms with van der Waals surface area (Å²) in [4.78, 5) is 11.2. The molecule has 3 nitrogen and oxygen atoms in total. The van der Waals surface area contributed by atoms with E-state index in [1.807, 2.05) is 0 Å². The third kappa shape index (κ3) is 1.58. The Labute approximate surface area is 71.8 Å². The molecule has 2 saturated carbocycles. The number of hydrogen-bond donors (Lipinski definition) is 1. The van der Waals surface area contributed by atoms with Crippen molar-refractivity contribution in [2.75, 3.05) is 0 Å². The van der Waals surface area contributed by atoms with Gasteiger partial charge in [0.25, 0.3) is 0 Å². The van der Waals surface area contributed by atoms with Crippen molar-refractivity contribution in [3.63, 3.8) is 0 Å². The van der Waals surface area contributed by atoms with Crippen LogP contribution in [0.5, 0.6) is 0 Å². The van der Waals surface area contributed by atoms with E-state index in [1.54, 1.807) is 0 Å². The average Bonchev–Trinajstić information content (AvgIpc) is 2.86. The monoisotopic (exact) mass is 164 g/mol. The predicted octanol–water partition coefficient (Wildman–Crippen LogP) is 0.959. The second-order valence-corrected chi connectivity index (χ2v) is 3.91. The van der Waals surface area contributed by atoms with Gasteiger partial charge in [0, 0.05) is 12.5 Å². The molecule has 3 heteroatoms. The molecular weight excluding hydrogens is 152 g/mol. The van der Waals surface area contributed by atoms with Gasteiger partial charge < -0.3 is 5.32 Å². The molecule has 0 aromatic carbocycles. The number of rotatable bonds is 3. The van der Waals surface area contributed by atoms with E-state index in [9.17, 15) is 4.79 Å². The van der Waals surface area contributed by atoms with Crippen LogP contribution in [-0.4, -0.2) is 11.9 Å². The second kappa shape index (κ2) is 2.48. The number of nitriles is 1. The molecule has 0 aliphatic heterocycles. The van der Waals surface area contributed by atoms with Gasteiger partial charge in [-0.15, -0.1) is 0 Å². The van der Waals surface area contributed by atoms with E-state index >= 15 is 0 Å². The molecule has 0 unspecified atom stereocenters. The Morgan fingerprint density at radius 2 is 2.25 bits per heavy atom. The minimum atomic E-state index is -0.279. The lowest BCUT2D eigenvalue weighted by molar-refractivity contribution is -0.122. The van der Waals surface area contributed by atoms with Gasteiger partial charge in [-0.2, -0.15) is 5.26 Å². The molecular formula is C9H12N2O. The maximum Gasteiger partial charge on any atom is 0.221 e. The third-order valence-electron chi connectivity index (χ3n) is 2.53. The Hall–Kier alpha value is -1.04. The Bertz CT molecular complexity index is 246. The first-order valence-corrected chi connectivity index (χ1v) is 4.45. The summed E-state index contributed by atoms with van der Waals surface area (Å²) in [5.74, 6) is 0.0663. The van der Waals surface area contributed by atoms with E-state index in [4.69, 9.17) is 5.26 Å². The number of nitrogens with one attached hydrogen (secondary N) is 1. The summed E-state index contributed by atoms with van der Waals surface area (Å²) in [7, 11) is 0. The molecule has 12 heavy (non-hydrogen) atoms. The maximum absolute atomic E-state index is 11.2. The Morgan fingerprint density at radius 3 is 2.67 bits per heavy atom. The molecule has 0 radical (unpaired) electrons. The molecule has 2 rings (SSSR count). The number of hydrogen-bond acceptors (Lipinski definition) is 2. The summed E-state index contributed by atoms with van der Waals surface area (Å²) in [5.41, 5.74) is -0.279. The van der Waals surface area contributed by atoms with Crippen molar-refractivity contribution in [1.82, 2.24) is 5.32 Å². The molecule has 1 N–H and O–H groups in total. The molecule has 64 valence electrons. The van der Waals surface area contributed by atoms with Crippen LogP contribution in [0, 0.1) is 16.7 Å². The first kappa shape index (κ1) is 7.60. The van der Waals surface area contributed by atoms with Crippen molar-refractivity contribution in [2.24, 2.45) is 5.41 Å². The highest BCUT2D eigenvalue weighted by molar-refractivity contribution is 5.78. The molecule has 2 fully saturated rings. The Kier molecular flexibility index (Phi) is 1.57. The zero-order valence-electron chi connectivity index (χ0n) is 6.97. The van der Waals surface area contributed by atoms with Crippen LogP contribution >= 0.6 is 0 Å². The van der Waals surface area contributed by atoms with Crippen LogP contribution in [0.15, 0.2) is 0 Å². The van der Waals surface area contributed by atoms with E-state index in [-0.39, 0.29) is 11.3 Å². The summed E-state index contributed by atoms with van der Waals surface area (Å²) < 4.78 is 0. The highest BCUT2D eigenvalue weighted by Gasteiger charge is 2.45. The largest absolute Gasteiger partial charge is 0.353 e. The number of amides is 1. The fourth-order valence-electron chi connectivity index (χ4n) is 1.29. The minimum Gasteiger partial charge on any atom is -0.353 e. The maximum atomic E-state index is 11.2. The topological polar surface area (TPSA) is 52.9 Å². The number of carbonyl (C=O) groups excluding carboxylic acids is 1. The average molecular weight is 164 g/mol. The van der Waals surface area contributed by atoms with Crippen molar-refractivity contribution in [3.8, 4) is 6.07 Å². The quantitative estimate of drug-likeness (QED) is 0.675. The molecule has 0 spiro atoms. The molecule has 0 aromatic rings. The normalized spacial score (nSPS) is 24.2.